The summed E-state index contributed by atoms with van der Waals surface area (Å²) in [6.07, 6.45) is 1.34. The fourth-order valence-electron chi connectivity index (χ4n) is 2.91. The number of pyridine rings is 1. The van der Waals surface area contributed by atoms with E-state index in [1.807, 2.05) is 6.92 Å². The molecule has 1 aromatic carbocycles. The van der Waals surface area contributed by atoms with Crippen LogP contribution in [0.4, 0.5) is 14.6 Å². The molecular formula is C17H14F2N6O. The smallest absolute Gasteiger partial charge is 0.268 e. The van der Waals surface area contributed by atoms with Crippen LogP contribution in [0, 0.1) is 18.6 Å². The number of fused-ring (bicyclic) bond motifs is 1. The van der Waals surface area contributed by atoms with Gasteiger partial charge in [-0.1, -0.05) is 6.07 Å². The lowest BCUT2D eigenvalue weighted by Gasteiger charge is -2.11. The maximum Gasteiger partial charge on any atom is 0.268 e. The van der Waals surface area contributed by atoms with Crippen molar-refractivity contribution in [3.8, 4) is 16.9 Å². The molecule has 3 heterocycles. The molecule has 0 radical (unpaired) electrons. The number of hydrogen-bond acceptors (Lipinski definition) is 4. The van der Waals surface area contributed by atoms with E-state index in [2.05, 4.69) is 15.3 Å². The number of nitrogens with one attached hydrogen (secondary N) is 1. The Morgan fingerprint density at radius 3 is 2.54 bits per heavy atom. The van der Waals surface area contributed by atoms with Crippen molar-refractivity contribution in [1.29, 1.82) is 0 Å². The Balaban J connectivity index is 2.14. The number of nitrogen functional groups attached to an aromatic ring is 1. The highest BCUT2D eigenvalue weighted by Gasteiger charge is 2.21. The molecule has 4 aromatic rings. The average Bonchev–Trinajstić information content (AvgIpc) is 3.13. The van der Waals surface area contributed by atoms with Gasteiger partial charge in [-0.15, -0.1) is 0 Å². The van der Waals surface area contributed by atoms with Gasteiger partial charge in [-0.25, -0.2) is 8.78 Å². The molecule has 26 heavy (non-hydrogen) atoms. The van der Waals surface area contributed by atoms with Crippen molar-refractivity contribution in [3.05, 3.63) is 58.1 Å². The van der Waals surface area contributed by atoms with E-state index >= 15 is 0 Å². The summed E-state index contributed by atoms with van der Waals surface area (Å²) < 4.78 is 31.1. The standard InChI is InChI=1S/C17H14F2N6O/c1-8-6-12(23-24(8)2)9-7-25(15-10(18)4-3-5-11(15)19)17(26)13-14(9)21-22-16(13)20/h3-7H,1-2H3,(H3,20,21,22). The zero-order valence-corrected chi connectivity index (χ0v) is 13.9. The molecule has 0 atom stereocenters. The Labute approximate surface area is 145 Å². The molecule has 9 heteroatoms. The molecule has 0 aliphatic rings. The number of aromatic amines is 1. The predicted molar refractivity (Wildman–Crippen MR) is 93.0 cm³/mol. The van der Waals surface area contributed by atoms with E-state index in [1.54, 1.807) is 17.8 Å². The molecule has 0 fully saturated rings. The molecule has 0 bridgehead atoms. The first-order valence-corrected chi connectivity index (χ1v) is 7.73. The number of halogens is 2. The van der Waals surface area contributed by atoms with Crippen molar-refractivity contribution >= 4 is 16.7 Å². The second-order valence-electron chi connectivity index (χ2n) is 5.94. The van der Waals surface area contributed by atoms with E-state index in [0.717, 1.165) is 22.4 Å². The number of nitrogens with zero attached hydrogens (tertiary/aromatic N) is 4. The summed E-state index contributed by atoms with van der Waals surface area (Å²) in [5, 5.41) is 11.0. The lowest BCUT2D eigenvalue weighted by molar-refractivity contribution is 0.567. The number of nitrogens with two attached hydrogens (primary N) is 1. The number of aryl methyl sites for hydroxylation is 2. The Hall–Kier alpha value is -3.49. The topological polar surface area (TPSA) is 94.5 Å². The fraction of sp³-hybridized carbons (Fsp3) is 0.118. The maximum absolute atomic E-state index is 14.3. The normalized spacial score (nSPS) is 11.4. The molecule has 0 saturated carbocycles. The third kappa shape index (κ3) is 2.20. The van der Waals surface area contributed by atoms with Crippen LogP contribution in [-0.4, -0.2) is 24.5 Å². The first kappa shape index (κ1) is 16.0. The molecule has 0 spiro atoms. The number of rotatable bonds is 2. The minimum Gasteiger partial charge on any atom is -0.382 e. The van der Waals surface area contributed by atoms with Gasteiger partial charge in [0.2, 0.25) is 0 Å². The molecule has 3 aromatic heterocycles. The molecule has 4 rings (SSSR count). The van der Waals surface area contributed by atoms with Gasteiger partial charge in [0.1, 0.15) is 22.7 Å². The molecule has 7 nitrogen and oxygen atoms in total. The number of aromatic nitrogens is 5. The first-order chi connectivity index (χ1) is 12.4. The highest BCUT2D eigenvalue weighted by atomic mass is 19.1. The molecule has 0 aliphatic heterocycles. The summed E-state index contributed by atoms with van der Waals surface area (Å²) in [5.74, 6) is -1.78. The first-order valence-electron chi connectivity index (χ1n) is 7.73. The predicted octanol–water partition coefficient (Wildman–Crippen LogP) is 2.28. The fourth-order valence-corrected chi connectivity index (χ4v) is 2.91. The SMILES string of the molecule is Cc1cc(-c2cn(-c3c(F)cccc3F)c(=O)c3c(N)n[nH]c23)nn1C. The van der Waals surface area contributed by atoms with Gasteiger partial charge in [0.15, 0.2) is 5.82 Å². The zero-order chi connectivity index (χ0) is 18.6. The summed E-state index contributed by atoms with van der Waals surface area (Å²) in [4.78, 5) is 12.8. The minimum atomic E-state index is -0.864. The van der Waals surface area contributed by atoms with Crippen LogP contribution in [0.1, 0.15) is 5.69 Å². The molecule has 132 valence electrons. The van der Waals surface area contributed by atoms with E-state index in [-0.39, 0.29) is 11.2 Å². The lowest BCUT2D eigenvalue weighted by atomic mass is 10.1. The average molecular weight is 356 g/mol. The summed E-state index contributed by atoms with van der Waals surface area (Å²) in [5.41, 5.74) is 6.86. The second-order valence-corrected chi connectivity index (χ2v) is 5.94. The summed E-state index contributed by atoms with van der Waals surface area (Å²) >= 11 is 0. The van der Waals surface area contributed by atoms with Crippen LogP contribution in [0.5, 0.6) is 0 Å². The van der Waals surface area contributed by atoms with Crippen LogP contribution < -0.4 is 11.3 Å². The van der Waals surface area contributed by atoms with Gasteiger partial charge in [0.05, 0.1) is 11.2 Å². The van der Waals surface area contributed by atoms with Crippen LogP contribution in [0.25, 0.3) is 27.8 Å². The van der Waals surface area contributed by atoms with Crippen molar-refractivity contribution in [3.63, 3.8) is 0 Å². The third-order valence-corrected chi connectivity index (χ3v) is 4.32. The van der Waals surface area contributed by atoms with Crippen LogP contribution >= 0.6 is 0 Å². The summed E-state index contributed by atoms with van der Waals surface area (Å²) in [7, 11) is 1.77. The quantitative estimate of drug-likeness (QED) is 0.576. The monoisotopic (exact) mass is 356 g/mol. The number of benzene rings is 1. The summed E-state index contributed by atoms with van der Waals surface area (Å²) in [6.45, 7) is 1.86. The van der Waals surface area contributed by atoms with E-state index in [4.69, 9.17) is 5.73 Å². The minimum absolute atomic E-state index is 0.0495. The van der Waals surface area contributed by atoms with Crippen molar-refractivity contribution in [2.24, 2.45) is 7.05 Å². The highest BCUT2D eigenvalue weighted by molar-refractivity contribution is 5.97. The van der Waals surface area contributed by atoms with Gasteiger partial charge in [-0.05, 0) is 25.1 Å². The third-order valence-electron chi connectivity index (χ3n) is 4.32. The van der Waals surface area contributed by atoms with Crippen LogP contribution in [0.2, 0.25) is 0 Å². The Kier molecular flexibility index (Phi) is 3.39. The Bertz CT molecular complexity index is 1180. The highest BCUT2D eigenvalue weighted by Crippen LogP contribution is 2.29. The van der Waals surface area contributed by atoms with Crippen molar-refractivity contribution < 1.29 is 8.78 Å². The van der Waals surface area contributed by atoms with Gasteiger partial charge in [0.25, 0.3) is 5.56 Å². The lowest BCUT2D eigenvalue weighted by Crippen LogP contribution is -2.21. The molecule has 0 aliphatic carbocycles. The van der Waals surface area contributed by atoms with E-state index in [0.29, 0.717) is 16.8 Å². The zero-order valence-electron chi connectivity index (χ0n) is 13.9. The number of para-hydroxylation sites is 1. The maximum atomic E-state index is 14.3. The van der Waals surface area contributed by atoms with Gasteiger partial charge < -0.3 is 5.73 Å². The van der Waals surface area contributed by atoms with Gasteiger partial charge in [-0.3, -0.25) is 19.1 Å². The van der Waals surface area contributed by atoms with Gasteiger partial charge in [0, 0.05) is 24.5 Å². The summed E-state index contributed by atoms with van der Waals surface area (Å²) in [6, 6.07) is 5.18. The van der Waals surface area contributed by atoms with Crippen molar-refractivity contribution in [2.75, 3.05) is 5.73 Å². The van der Waals surface area contributed by atoms with Crippen LogP contribution in [0.3, 0.4) is 0 Å². The van der Waals surface area contributed by atoms with Crippen molar-refractivity contribution in [2.45, 2.75) is 6.92 Å². The Morgan fingerprint density at radius 1 is 1.23 bits per heavy atom. The number of hydrogen-bond donors (Lipinski definition) is 2. The van der Waals surface area contributed by atoms with Crippen LogP contribution in [0.15, 0.2) is 35.3 Å². The second kappa shape index (κ2) is 5.51. The number of anilines is 1. The van der Waals surface area contributed by atoms with E-state index in [1.165, 1.54) is 12.3 Å². The van der Waals surface area contributed by atoms with Crippen LogP contribution in [-0.2, 0) is 7.05 Å². The van der Waals surface area contributed by atoms with Gasteiger partial charge in [-0.2, -0.15) is 10.2 Å². The Morgan fingerprint density at radius 2 is 1.92 bits per heavy atom. The van der Waals surface area contributed by atoms with E-state index < -0.39 is 22.9 Å². The van der Waals surface area contributed by atoms with E-state index in [9.17, 15) is 13.6 Å². The van der Waals surface area contributed by atoms with Gasteiger partial charge >= 0.3 is 0 Å². The number of H-pyrrole nitrogens is 1. The largest absolute Gasteiger partial charge is 0.382 e. The molecule has 0 unspecified atom stereocenters. The molecule has 0 saturated heterocycles. The molecule has 0 amide bonds. The molecular weight excluding hydrogens is 342 g/mol. The van der Waals surface area contributed by atoms with Crippen molar-refractivity contribution in [1.82, 2.24) is 24.5 Å². The molecule has 3 N–H and O–H groups in total.